The summed E-state index contributed by atoms with van der Waals surface area (Å²) in [6.07, 6.45) is 0. The Balaban J connectivity index is 2.20. The van der Waals surface area contributed by atoms with Gasteiger partial charge >= 0.3 is 0 Å². The summed E-state index contributed by atoms with van der Waals surface area (Å²) in [5, 5.41) is 0.881. The van der Waals surface area contributed by atoms with E-state index in [-0.39, 0.29) is 5.91 Å². The number of para-hydroxylation sites is 1. The number of carbonyl (C=O) groups excluding carboxylic acids is 1. The molecule has 0 unspecified atom stereocenters. The number of nitrogens with zero attached hydrogens (tertiary/aromatic N) is 2. The van der Waals surface area contributed by atoms with Crippen molar-refractivity contribution in [1.29, 1.82) is 0 Å². The first-order valence-corrected chi connectivity index (χ1v) is 8.51. The summed E-state index contributed by atoms with van der Waals surface area (Å²) in [4.78, 5) is 19.6. The Kier molecular flexibility index (Phi) is 4.98. The Hall–Kier alpha value is -2.88. The molecular formula is C21H22N2O2. The standard InChI is InChI=1S/C21H22N2O2/c1-4-23(5-2)21(24)18-14-20(15-9-8-10-16(13-15)25-3)22-19-12-7-6-11-17(18)19/h6-14H,4-5H2,1-3H3. The van der Waals surface area contributed by atoms with E-state index in [0.29, 0.717) is 18.7 Å². The molecule has 0 spiro atoms. The average molecular weight is 334 g/mol. The van der Waals surface area contributed by atoms with Crippen molar-refractivity contribution in [3.05, 3.63) is 60.2 Å². The Bertz CT molecular complexity index is 901. The lowest BCUT2D eigenvalue weighted by molar-refractivity contribution is 0.0775. The van der Waals surface area contributed by atoms with E-state index >= 15 is 0 Å². The van der Waals surface area contributed by atoms with Crippen molar-refractivity contribution in [2.45, 2.75) is 13.8 Å². The van der Waals surface area contributed by atoms with E-state index in [1.807, 2.05) is 73.3 Å². The van der Waals surface area contributed by atoms with Crippen LogP contribution in [0.5, 0.6) is 5.75 Å². The van der Waals surface area contributed by atoms with Gasteiger partial charge in [-0.3, -0.25) is 4.79 Å². The van der Waals surface area contributed by atoms with Crippen LogP contribution in [0.4, 0.5) is 0 Å². The highest BCUT2D eigenvalue weighted by molar-refractivity contribution is 6.07. The van der Waals surface area contributed by atoms with Crippen molar-refractivity contribution in [2.75, 3.05) is 20.2 Å². The summed E-state index contributed by atoms with van der Waals surface area (Å²) >= 11 is 0. The molecule has 0 atom stereocenters. The average Bonchev–Trinajstić information content (AvgIpc) is 2.68. The monoisotopic (exact) mass is 334 g/mol. The lowest BCUT2D eigenvalue weighted by Crippen LogP contribution is -2.30. The number of fused-ring (bicyclic) bond motifs is 1. The molecular weight excluding hydrogens is 312 g/mol. The maximum absolute atomic E-state index is 13.0. The minimum Gasteiger partial charge on any atom is -0.497 e. The molecule has 3 rings (SSSR count). The zero-order chi connectivity index (χ0) is 17.8. The predicted molar refractivity (Wildman–Crippen MR) is 101 cm³/mol. The zero-order valence-electron chi connectivity index (χ0n) is 14.8. The molecule has 2 aromatic carbocycles. The van der Waals surface area contributed by atoms with E-state index in [2.05, 4.69) is 0 Å². The van der Waals surface area contributed by atoms with Gasteiger partial charge in [0.2, 0.25) is 0 Å². The summed E-state index contributed by atoms with van der Waals surface area (Å²) in [5.41, 5.74) is 3.21. The number of rotatable bonds is 5. The summed E-state index contributed by atoms with van der Waals surface area (Å²) in [5.74, 6) is 0.803. The molecule has 0 aliphatic heterocycles. The largest absolute Gasteiger partial charge is 0.497 e. The van der Waals surface area contributed by atoms with Gasteiger partial charge in [-0.2, -0.15) is 0 Å². The molecule has 0 bridgehead atoms. The lowest BCUT2D eigenvalue weighted by atomic mass is 10.0. The highest BCUT2D eigenvalue weighted by Crippen LogP contribution is 2.27. The number of hydrogen-bond donors (Lipinski definition) is 0. The Morgan fingerprint density at radius 2 is 1.80 bits per heavy atom. The number of aromatic nitrogens is 1. The van der Waals surface area contributed by atoms with Crippen LogP contribution < -0.4 is 4.74 Å². The smallest absolute Gasteiger partial charge is 0.254 e. The van der Waals surface area contributed by atoms with Crippen LogP contribution in [0.15, 0.2) is 54.6 Å². The summed E-state index contributed by atoms with van der Waals surface area (Å²) in [6.45, 7) is 5.35. The molecule has 0 aliphatic rings. The van der Waals surface area contributed by atoms with Gasteiger partial charge in [0.25, 0.3) is 5.91 Å². The van der Waals surface area contributed by atoms with E-state index in [1.165, 1.54) is 0 Å². The van der Waals surface area contributed by atoms with Crippen LogP contribution in [0.3, 0.4) is 0 Å². The maximum atomic E-state index is 13.0. The third-order valence-electron chi connectivity index (χ3n) is 4.36. The van der Waals surface area contributed by atoms with Gasteiger partial charge in [0, 0.05) is 24.0 Å². The molecule has 25 heavy (non-hydrogen) atoms. The Morgan fingerprint density at radius 3 is 2.52 bits per heavy atom. The number of benzene rings is 2. The van der Waals surface area contributed by atoms with Crippen LogP contribution in [-0.2, 0) is 0 Å². The van der Waals surface area contributed by atoms with Crippen LogP contribution in [0.2, 0.25) is 0 Å². The quantitative estimate of drug-likeness (QED) is 0.695. The first kappa shape index (κ1) is 17.0. The van der Waals surface area contributed by atoms with Crippen molar-refractivity contribution >= 4 is 16.8 Å². The number of hydrogen-bond acceptors (Lipinski definition) is 3. The highest BCUT2D eigenvalue weighted by Gasteiger charge is 2.18. The van der Waals surface area contributed by atoms with Crippen LogP contribution in [-0.4, -0.2) is 36.0 Å². The molecule has 0 aliphatic carbocycles. The van der Waals surface area contributed by atoms with Crippen LogP contribution in [0.25, 0.3) is 22.2 Å². The number of pyridine rings is 1. The lowest BCUT2D eigenvalue weighted by Gasteiger charge is -2.20. The van der Waals surface area contributed by atoms with E-state index in [4.69, 9.17) is 9.72 Å². The maximum Gasteiger partial charge on any atom is 0.254 e. The van der Waals surface area contributed by atoms with Crippen molar-refractivity contribution in [1.82, 2.24) is 9.88 Å². The minimum absolute atomic E-state index is 0.0350. The highest BCUT2D eigenvalue weighted by atomic mass is 16.5. The van der Waals surface area contributed by atoms with E-state index < -0.39 is 0 Å². The molecule has 0 N–H and O–H groups in total. The van der Waals surface area contributed by atoms with Gasteiger partial charge in [-0.1, -0.05) is 30.3 Å². The first-order chi connectivity index (χ1) is 12.2. The zero-order valence-corrected chi connectivity index (χ0v) is 14.8. The second kappa shape index (κ2) is 7.34. The molecule has 0 saturated carbocycles. The molecule has 128 valence electrons. The van der Waals surface area contributed by atoms with Crippen molar-refractivity contribution in [3.63, 3.8) is 0 Å². The fraction of sp³-hybridized carbons (Fsp3) is 0.238. The second-order valence-electron chi connectivity index (χ2n) is 5.78. The SMILES string of the molecule is CCN(CC)C(=O)c1cc(-c2cccc(OC)c2)nc2ccccc12. The first-order valence-electron chi connectivity index (χ1n) is 8.51. The van der Waals surface area contributed by atoms with Gasteiger partial charge in [0.05, 0.1) is 23.9 Å². The van der Waals surface area contributed by atoms with Gasteiger partial charge in [-0.15, -0.1) is 0 Å². The molecule has 1 amide bonds. The normalized spacial score (nSPS) is 10.7. The van der Waals surface area contributed by atoms with Crippen molar-refractivity contribution in [3.8, 4) is 17.0 Å². The molecule has 3 aromatic rings. The van der Waals surface area contributed by atoms with Crippen molar-refractivity contribution in [2.24, 2.45) is 0 Å². The molecule has 4 nitrogen and oxygen atoms in total. The van der Waals surface area contributed by atoms with Crippen LogP contribution in [0, 0.1) is 0 Å². The molecule has 1 aromatic heterocycles. The minimum atomic E-state index is 0.0350. The summed E-state index contributed by atoms with van der Waals surface area (Å²) in [6, 6.07) is 17.4. The van der Waals surface area contributed by atoms with Gasteiger partial charge < -0.3 is 9.64 Å². The summed E-state index contributed by atoms with van der Waals surface area (Å²) in [7, 11) is 1.64. The number of carbonyl (C=O) groups is 1. The third-order valence-corrected chi connectivity index (χ3v) is 4.36. The number of methoxy groups -OCH3 is 1. The third kappa shape index (κ3) is 3.33. The topological polar surface area (TPSA) is 42.4 Å². The van der Waals surface area contributed by atoms with Crippen molar-refractivity contribution < 1.29 is 9.53 Å². The van der Waals surface area contributed by atoms with Gasteiger partial charge in [-0.05, 0) is 38.1 Å². The fourth-order valence-corrected chi connectivity index (χ4v) is 2.96. The molecule has 0 radical (unpaired) electrons. The Labute approximate surface area is 148 Å². The fourth-order valence-electron chi connectivity index (χ4n) is 2.96. The van der Waals surface area contributed by atoms with E-state index in [1.54, 1.807) is 7.11 Å². The summed E-state index contributed by atoms with van der Waals surface area (Å²) < 4.78 is 5.31. The van der Waals surface area contributed by atoms with Gasteiger partial charge in [0.15, 0.2) is 0 Å². The Morgan fingerprint density at radius 1 is 1.04 bits per heavy atom. The van der Waals surface area contributed by atoms with Gasteiger partial charge in [-0.25, -0.2) is 4.98 Å². The van der Waals surface area contributed by atoms with Gasteiger partial charge in [0.1, 0.15) is 5.75 Å². The van der Waals surface area contributed by atoms with Crippen LogP contribution >= 0.6 is 0 Å². The molecule has 0 saturated heterocycles. The molecule has 0 fully saturated rings. The van der Waals surface area contributed by atoms with Crippen LogP contribution in [0.1, 0.15) is 24.2 Å². The van der Waals surface area contributed by atoms with E-state index in [9.17, 15) is 4.79 Å². The van der Waals surface area contributed by atoms with E-state index in [0.717, 1.165) is 27.9 Å². The molecule has 4 heteroatoms. The second-order valence-corrected chi connectivity index (χ2v) is 5.78. The molecule has 1 heterocycles. The number of ether oxygens (including phenoxy) is 1. The number of amides is 1. The predicted octanol–water partition coefficient (Wildman–Crippen LogP) is 4.39.